The molecule has 1 amide bonds. The average Bonchev–Trinajstić information content (AvgIpc) is 2.54. The minimum atomic E-state index is -0.835. The van der Waals surface area contributed by atoms with Crippen molar-refractivity contribution in [3.8, 4) is 5.75 Å². The number of ether oxygens (including phenoxy) is 1. The molecule has 0 saturated carbocycles. The maximum Gasteiger partial charge on any atom is 0.342 e. The minimum Gasteiger partial charge on any atom is -0.507 e. The van der Waals surface area contributed by atoms with Gasteiger partial charge < -0.3 is 15.2 Å². The topological polar surface area (TPSA) is 75.6 Å². The molecular formula is C16H13Cl2NO4. The first-order valence-electron chi connectivity index (χ1n) is 6.63. The molecule has 0 unspecified atom stereocenters. The lowest BCUT2D eigenvalue weighted by Gasteiger charge is -2.08. The van der Waals surface area contributed by atoms with Gasteiger partial charge in [-0.3, -0.25) is 4.79 Å². The lowest BCUT2D eigenvalue weighted by Crippen LogP contribution is -2.28. The van der Waals surface area contributed by atoms with Crippen LogP contribution >= 0.6 is 23.2 Å². The van der Waals surface area contributed by atoms with Crippen molar-refractivity contribution in [2.45, 2.75) is 6.54 Å². The van der Waals surface area contributed by atoms with Gasteiger partial charge in [0, 0.05) is 16.6 Å². The van der Waals surface area contributed by atoms with Crippen molar-refractivity contribution in [2.75, 3.05) is 6.61 Å². The number of benzene rings is 2. The molecule has 2 N–H and O–H groups in total. The van der Waals surface area contributed by atoms with Crippen molar-refractivity contribution < 1.29 is 19.4 Å². The van der Waals surface area contributed by atoms with Gasteiger partial charge in [-0.1, -0.05) is 41.4 Å². The SMILES string of the molecule is O=C(COC(=O)c1cc(Cl)ccc1O)NCc1ccccc1Cl. The molecule has 0 bridgehead atoms. The standard InChI is InChI=1S/C16H13Cl2NO4/c17-11-5-6-14(20)12(7-11)16(22)23-9-15(21)19-8-10-3-1-2-4-13(10)18/h1-7,20H,8-9H2,(H,19,21). The normalized spacial score (nSPS) is 10.2. The van der Waals surface area contributed by atoms with E-state index in [0.717, 1.165) is 5.56 Å². The van der Waals surface area contributed by atoms with Gasteiger partial charge in [-0.05, 0) is 29.8 Å². The van der Waals surface area contributed by atoms with Crippen LogP contribution in [0.25, 0.3) is 0 Å². The van der Waals surface area contributed by atoms with E-state index in [4.69, 9.17) is 27.9 Å². The number of halogens is 2. The predicted octanol–water partition coefficient (Wildman–Crippen LogP) is 3.17. The molecule has 0 saturated heterocycles. The summed E-state index contributed by atoms with van der Waals surface area (Å²) in [5, 5.41) is 13.0. The van der Waals surface area contributed by atoms with E-state index in [9.17, 15) is 14.7 Å². The second kappa shape index (κ2) is 7.85. The molecule has 0 spiro atoms. The van der Waals surface area contributed by atoms with Gasteiger partial charge in [0.2, 0.25) is 0 Å². The number of aromatic hydroxyl groups is 1. The summed E-state index contributed by atoms with van der Waals surface area (Å²) in [6.07, 6.45) is 0. The fraction of sp³-hybridized carbons (Fsp3) is 0.125. The van der Waals surface area contributed by atoms with Gasteiger partial charge in [-0.2, -0.15) is 0 Å². The molecule has 0 aliphatic heterocycles. The Labute approximate surface area is 142 Å². The van der Waals surface area contributed by atoms with Crippen LogP contribution in [0.1, 0.15) is 15.9 Å². The number of hydrogen-bond acceptors (Lipinski definition) is 4. The Morgan fingerprint density at radius 2 is 1.87 bits per heavy atom. The number of esters is 1. The van der Waals surface area contributed by atoms with Crippen molar-refractivity contribution in [1.82, 2.24) is 5.32 Å². The maximum absolute atomic E-state index is 11.8. The first-order valence-corrected chi connectivity index (χ1v) is 7.38. The lowest BCUT2D eigenvalue weighted by molar-refractivity contribution is -0.124. The first-order chi connectivity index (χ1) is 11.0. The average molecular weight is 354 g/mol. The molecule has 0 radical (unpaired) electrons. The summed E-state index contributed by atoms with van der Waals surface area (Å²) < 4.78 is 4.84. The number of carbonyl (C=O) groups is 2. The molecule has 0 aliphatic rings. The van der Waals surface area contributed by atoms with Crippen LogP contribution < -0.4 is 5.32 Å². The molecule has 0 atom stereocenters. The van der Waals surface area contributed by atoms with Gasteiger partial charge in [0.15, 0.2) is 6.61 Å². The number of amides is 1. The molecule has 7 heteroatoms. The van der Waals surface area contributed by atoms with E-state index in [1.54, 1.807) is 24.3 Å². The monoisotopic (exact) mass is 353 g/mol. The molecule has 0 aromatic heterocycles. The summed E-state index contributed by atoms with van der Waals surface area (Å²) >= 11 is 11.7. The van der Waals surface area contributed by atoms with Crippen molar-refractivity contribution in [2.24, 2.45) is 0 Å². The van der Waals surface area contributed by atoms with Gasteiger partial charge in [0.05, 0.1) is 0 Å². The van der Waals surface area contributed by atoms with E-state index in [1.807, 2.05) is 0 Å². The van der Waals surface area contributed by atoms with Crippen LogP contribution in [-0.2, 0) is 16.1 Å². The fourth-order valence-corrected chi connectivity index (χ4v) is 2.14. The van der Waals surface area contributed by atoms with E-state index in [-0.39, 0.29) is 22.9 Å². The van der Waals surface area contributed by atoms with Crippen molar-refractivity contribution >= 4 is 35.1 Å². The van der Waals surface area contributed by atoms with Crippen LogP contribution in [0.15, 0.2) is 42.5 Å². The number of phenolic OH excluding ortho intramolecular Hbond substituents is 1. The molecule has 0 aliphatic carbocycles. The molecule has 5 nitrogen and oxygen atoms in total. The molecule has 2 rings (SSSR count). The minimum absolute atomic E-state index is 0.101. The largest absolute Gasteiger partial charge is 0.507 e. The Morgan fingerprint density at radius 3 is 2.61 bits per heavy atom. The van der Waals surface area contributed by atoms with Crippen LogP contribution in [0.5, 0.6) is 5.75 Å². The van der Waals surface area contributed by atoms with Crippen molar-refractivity contribution in [3.05, 3.63) is 63.6 Å². The smallest absolute Gasteiger partial charge is 0.342 e. The molecule has 2 aromatic rings. The number of hydrogen-bond donors (Lipinski definition) is 2. The highest BCUT2D eigenvalue weighted by atomic mass is 35.5. The van der Waals surface area contributed by atoms with Gasteiger partial charge in [0.25, 0.3) is 5.91 Å². The maximum atomic E-state index is 11.8. The molecule has 23 heavy (non-hydrogen) atoms. The van der Waals surface area contributed by atoms with E-state index < -0.39 is 18.5 Å². The highest BCUT2D eigenvalue weighted by molar-refractivity contribution is 6.31. The summed E-state index contributed by atoms with van der Waals surface area (Å²) in [6, 6.07) is 11.0. The van der Waals surface area contributed by atoms with E-state index in [0.29, 0.717) is 5.02 Å². The Kier molecular flexibility index (Phi) is 5.84. The van der Waals surface area contributed by atoms with E-state index in [2.05, 4.69) is 5.32 Å². The third-order valence-electron chi connectivity index (χ3n) is 2.95. The van der Waals surface area contributed by atoms with Gasteiger partial charge >= 0.3 is 5.97 Å². The highest BCUT2D eigenvalue weighted by Crippen LogP contribution is 2.22. The number of nitrogens with one attached hydrogen (secondary N) is 1. The fourth-order valence-electron chi connectivity index (χ4n) is 1.77. The van der Waals surface area contributed by atoms with Gasteiger partial charge in [-0.15, -0.1) is 0 Å². The van der Waals surface area contributed by atoms with Crippen LogP contribution in [0, 0.1) is 0 Å². The third-order valence-corrected chi connectivity index (χ3v) is 3.55. The van der Waals surface area contributed by atoms with Crippen LogP contribution in [0.2, 0.25) is 10.0 Å². The van der Waals surface area contributed by atoms with Crippen molar-refractivity contribution in [3.63, 3.8) is 0 Å². The first kappa shape index (κ1) is 17.1. The number of phenols is 1. The predicted molar refractivity (Wildman–Crippen MR) is 86.7 cm³/mol. The van der Waals surface area contributed by atoms with E-state index >= 15 is 0 Å². The summed E-state index contributed by atoms with van der Waals surface area (Å²) in [6.45, 7) is -0.256. The second-order valence-corrected chi connectivity index (χ2v) is 5.45. The Hall–Kier alpha value is -2.24. The van der Waals surface area contributed by atoms with Gasteiger partial charge in [-0.25, -0.2) is 4.79 Å². The van der Waals surface area contributed by atoms with Crippen molar-refractivity contribution in [1.29, 1.82) is 0 Å². The Morgan fingerprint density at radius 1 is 1.13 bits per heavy atom. The van der Waals surface area contributed by atoms with Crippen LogP contribution in [0.3, 0.4) is 0 Å². The van der Waals surface area contributed by atoms with Crippen LogP contribution in [-0.4, -0.2) is 23.6 Å². The zero-order chi connectivity index (χ0) is 16.8. The Bertz CT molecular complexity index is 734. The third kappa shape index (κ3) is 4.87. The highest BCUT2D eigenvalue weighted by Gasteiger charge is 2.15. The Balaban J connectivity index is 1.86. The quantitative estimate of drug-likeness (QED) is 0.809. The lowest BCUT2D eigenvalue weighted by atomic mass is 10.2. The molecule has 0 heterocycles. The molecule has 2 aromatic carbocycles. The zero-order valence-electron chi connectivity index (χ0n) is 11.9. The molecule has 120 valence electrons. The number of carbonyl (C=O) groups excluding carboxylic acids is 2. The summed E-state index contributed by atoms with van der Waals surface area (Å²) in [5.74, 6) is -1.59. The molecular weight excluding hydrogens is 341 g/mol. The van der Waals surface area contributed by atoms with Gasteiger partial charge in [0.1, 0.15) is 11.3 Å². The zero-order valence-corrected chi connectivity index (χ0v) is 13.4. The van der Waals surface area contributed by atoms with E-state index in [1.165, 1.54) is 18.2 Å². The second-order valence-electron chi connectivity index (χ2n) is 4.61. The summed E-state index contributed by atoms with van der Waals surface area (Å²) in [5.41, 5.74) is 0.651. The molecule has 0 fully saturated rings. The summed E-state index contributed by atoms with van der Waals surface area (Å²) in [4.78, 5) is 23.5. The number of rotatable bonds is 5. The summed E-state index contributed by atoms with van der Waals surface area (Å²) in [7, 11) is 0. The van der Waals surface area contributed by atoms with Crippen LogP contribution in [0.4, 0.5) is 0 Å².